The normalized spacial score (nSPS) is 23.3. The van der Waals surface area contributed by atoms with E-state index in [1.54, 1.807) is 0 Å². The third-order valence-corrected chi connectivity index (χ3v) is 4.12. The van der Waals surface area contributed by atoms with Gasteiger partial charge in [-0.3, -0.25) is 10.2 Å². The Kier molecular flexibility index (Phi) is 7.34. The highest BCUT2D eigenvalue weighted by Gasteiger charge is 2.31. The summed E-state index contributed by atoms with van der Waals surface area (Å²) in [6.07, 6.45) is 3.96. The molecule has 1 rings (SSSR count). The molecule has 3 N–H and O–H groups in total. The summed E-state index contributed by atoms with van der Waals surface area (Å²) in [5, 5.41) is 0. The predicted molar refractivity (Wildman–Crippen MR) is 76.4 cm³/mol. The first kappa shape index (κ1) is 16.4. The maximum atomic E-state index is 11.4. The lowest BCUT2D eigenvalue weighted by Crippen LogP contribution is -2.40. The van der Waals surface area contributed by atoms with Gasteiger partial charge in [0.2, 0.25) is 0 Å². The van der Waals surface area contributed by atoms with Gasteiger partial charge in [0.05, 0.1) is 6.10 Å². The van der Waals surface area contributed by atoms with Gasteiger partial charge in [0.25, 0.3) is 5.91 Å². The van der Waals surface area contributed by atoms with Gasteiger partial charge in [0.15, 0.2) is 0 Å². The summed E-state index contributed by atoms with van der Waals surface area (Å²) in [4.78, 5) is 13.8. The number of amides is 1. The van der Waals surface area contributed by atoms with Crippen molar-refractivity contribution in [2.45, 2.75) is 58.7 Å². The molecule has 0 aromatic rings. The van der Waals surface area contributed by atoms with Gasteiger partial charge in [-0.05, 0) is 25.3 Å². The SMILES string of the molecule is CCC(CC)CN(CC)CC1CCC(C(=O)NN)O1. The lowest BCUT2D eigenvalue weighted by atomic mass is 10.0. The van der Waals surface area contributed by atoms with Gasteiger partial charge in [-0.25, -0.2) is 5.84 Å². The minimum Gasteiger partial charge on any atom is -0.364 e. The average molecular weight is 271 g/mol. The summed E-state index contributed by atoms with van der Waals surface area (Å²) < 4.78 is 5.76. The number of hydrogen-bond donors (Lipinski definition) is 2. The van der Waals surface area contributed by atoms with Crippen LogP contribution in [-0.4, -0.2) is 42.6 Å². The van der Waals surface area contributed by atoms with E-state index in [-0.39, 0.29) is 18.1 Å². The van der Waals surface area contributed by atoms with Crippen LogP contribution in [0.25, 0.3) is 0 Å². The molecule has 0 bridgehead atoms. The molecule has 19 heavy (non-hydrogen) atoms. The fraction of sp³-hybridized carbons (Fsp3) is 0.929. The molecule has 1 saturated heterocycles. The van der Waals surface area contributed by atoms with E-state index in [0.717, 1.165) is 38.4 Å². The van der Waals surface area contributed by atoms with Crippen LogP contribution in [0.1, 0.15) is 46.5 Å². The van der Waals surface area contributed by atoms with E-state index in [4.69, 9.17) is 10.6 Å². The van der Waals surface area contributed by atoms with Crippen molar-refractivity contribution in [1.29, 1.82) is 0 Å². The zero-order valence-corrected chi connectivity index (χ0v) is 12.5. The van der Waals surface area contributed by atoms with Crippen LogP contribution < -0.4 is 11.3 Å². The Hall–Kier alpha value is -0.650. The topological polar surface area (TPSA) is 67.6 Å². The molecular formula is C14H29N3O2. The van der Waals surface area contributed by atoms with Crippen LogP contribution in [0.4, 0.5) is 0 Å². The Bertz CT molecular complexity index is 269. The van der Waals surface area contributed by atoms with E-state index in [0.29, 0.717) is 0 Å². The quantitative estimate of drug-likeness (QED) is 0.396. The smallest absolute Gasteiger partial charge is 0.263 e. The van der Waals surface area contributed by atoms with E-state index in [9.17, 15) is 4.79 Å². The molecule has 0 spiro atoms. The molecule has 2 atom stereocenters. The summed E-state index contributed by atoms with van der Waals surface area (Å²) in [6, 6.07) is 0. The van der Waals surface area contributed by atoms with Crippen molar-refractivity contribution in [1.82, 2.24) is 10.3 Å². The number of rotatable bonds is 8. The molecule has 5 heteroatoms. The summed E-state index contributed by atoms with van der Waals surface area (Å²) in [5.41, 5.74) is 2.17. The molecule has 5 nitrogen and oxygen atoms in total. The molecule has 1 fully saturated rings. The van der Waals surface area contributed by atoms with E-state index in [1.165, 1.54) is 12.8 Å². The monoisotopic (exact) mass is 271 g/mol. The second kappa shape index (κ2) is 8.51. The molecule has 0 aromatic carbocycles. The van der Waals surface area contributed by atoms with Gasteiger partial charge in [-0.1, -0.05) is 33.6 Å². The summed E-state index contributed by atoms with van der Waals surface area (Å²) in [5.74, 6) is 5.69. The fourth-order valence-electron chi connectivity index (χ4n) is 2.66. The molecule has 0 aliphatic carbocycles. The van der Waals surface area contributed by atoms with Crippen LogP contribution in [0.5, 0.6) is 0 Å². The highest BCUT2D eigenvalue weighted by atomic mass is 16.5. The Morgan fingerprint density at radius 1 is 1.37 bits per heavy atom. The van der Waals surface area contributed by atoms with Crippen molar-refractivity contribution in [3.8, 4) is 0 Å². The van der Waals surface area contributed by atoms with Gasteiger partial charge in [-0.15, -0.1) is 0 Å². The molecule has 1 heterocycles. The minimum atomic E-state index is -0.359. The van der Waals surface area contributed by atoms with Crippen LogP contribution >= 0.6 is 0 Å². The highest BCUT2D eigenvalue weighted by molar-refractivity contribution is 5.80. The average Bonchev–Trinajstić information content (AvgIpc) is 2.90. The second-order valence-corrected chi connectivity index (χ2v) is 5.37. The summed E-state index contributed by atoms with van der Waals surface area (Å²) >= 11 is 0. The van der Waals surface area contributed by atoms with Crippen molar-refractivity contribution >= 4 is 5.91 Å². The number of nitrogens with zero attached hydrogens (tertiary/aromatic N) is 1. The van der Waals surface area contributed by atoms with Gasteiger partial charge < -0.3 is 9.64 Å². The molecule has 1 aliphatic rings. The summed E-state index contributed by atoms with van der Waals surface area (Å²) in [6.45, 7) is 9.75. The first-order chi connectivity index (χ1) is 9.14. The zero-order valence-electron chi connectivity index (χ0n) is 12.5. The number of likely N-dealkylation sites (N-methyl/N-ethyl adjacent to an activating group) is 1. The van der Waals surface area contributed by atoms with Gasteiger partial charge in [0.1, 0.15) is 6.10 Å². The number of hydrazine groups is 1. The lowest BCUT2D eigenvalue weighted by Gasteiger charge is -2.27. The maximum Gasteiger partial charge on any atom is 0.263 e. The van der Waals surface area contributed by atoms with E-state index in [1.807, 2.05) is 0 Å². The third-order valence-electron chi connectivity index (χ3n) is 4.12. The zero-order chi connectivity index (χ0) is 14.3. The Morgan fingerprint density at radius 2 is 2.05 bits per heavy atom. The van der Waals surface area contributed by atoms with Crippen molar-refractivity contribution in [3.63, 3.8) is 0 Å². The number of nitrogens with one attached hydrogen (secondary N) is 1. The van der Waals surface area contributed by atoms with Crippen LogP contribution in [0, 0.1) is 5.92 Å². The van der Waals surface area contributed by atoms with Crippen molar-refractivity contribution < 1.29 is 9.53 Å². The van der Waals surface area contributed by atoms with Gasteiger partial charge >= 0.3 is 0 Å². The Morgan fingerprint density at radius 3 is 2.58 bits per heavy atom. The van der Waals surface area contributed by atoms with Crippen molar-refractivity contribution in [3.05, 3.63) is 0 Å². The maximum absolute atomic E-state index is 11.4. The lowest BCUT2D eigenvalue weighted by molar-refractivity contribution is -0.132. The number of hydrogen-bond acceptors (Lipinski definition) is 4. The fourth-order valence-corrected chi connectivity index (χ4v) is 2.66. The number of nitrogens with two attached hydrogens (primary N) is 1. The van der Waals surface area contributed by atoms with Crippen LogP contribution in [0.15, 0.2) is 0 Å². The molecule has 1 aliphatic heterocycles. The van der Waals surface area contributed by atoms with E-state index >= 15 is 0 Å². The van der Waals surface area contributed by atoms with E-state index < -0.39 is 0 Å². The molecule has 0 aromatic heterocycles. The Balaban J connectivity index is 2.38. The van der Waals surface area contributed by atoms with Gasteiger partial charge in [0, 0.05) is 13.1 Å². The number of ether oxygens (including phenoxy) is 1. The molecule has 0 radical (unpaired) electrons. The van der Waals surface area contributed by atoms with Crippen LogP contribution in [0.3, 0.4) is 0 Å². The molecule has 0 saturated carbocycles. The molecular weight excluding hydrogens is 242 g/mol. The van der Waals surface area contributed by atoms with Gasteiger partial charge in [-0.2, -0.15) is 0 Å². The first-order valence-corrected chi connectivity index (χ1v) is 7.52. The van der Waals surface area contributed by atoms with Crippen LogP contribution in [0.2, 0.25) is 0 Å². The third kappa shape index (κ3) is 5.09. The standard InChI is InChI=1S/C14H29N3O2/c1-4-11(5-2)9-17(6-3)10-12-7-8-13(19-12)14(18)16-15/h11-13H,4-10,15H2,1-3H3,(H,16,18). The van der Waals surface area contributed by atoms with Crippen molar-refractivity contribution in [2.75, 3.05) is 19.6 Å². The second-order valence-electron chi connectivity index (χ2n) is 5.37. The van der Waals surface area contributed by atoms with Crippen LogP contribution in [-0.2, 0) is 9.53 Å². The molecule has 2 unspecified atom stereocenters. The Labute approximate surface area is 116 Å². The highest BCUT2D eigenvalue weighted by Crippen LogP contribution is 2.21. The number of carbonyl (C=O) groups is 1. The number of carbonyl (C=O) groups excluding carboxylic acids is 1. The predicted octanol–water partition coefficient (Wildman–Crippen LogP) is 1.28. The van der Waals surface area contributed by atoms with E-state index in [2.05, 4.69) is 31.1 Å². The summed E-state index contributed by atoms with van der Waals surface area (Å²) in [7, 11) is 0. The van der Waals surface area contributed by atoms with Crippen molar-refractivity contribution in [2.24, 2.45) is 11.8 Å². The molecule has 1 amide bonds. The first-order valence-electron chi connectivity index (χ1n) is 7.52. The minimum absolute atomic E-state index is 0.164. The largest absolute Gasteiger partial charge is 0.364 e. The molecule has 112 valence electrons.